The molecule has 0 aliphatic carbocycles. The van der Waals surface area contributed by atoms with Gasteiger partial charge in [0.1, 0.15) is 5.82 Å². The normalized spacial score (nSPS) is 19.2. The van der Waals surface area contributed by atoms with Crippen molar-refractivity contribution >= 4 is 29.4 Å². The maximum absolute atomic E-state index is 14.3. The Balaban J connectivity index is 1.77. The summed E-state index contributed by atoms with van der Waals surface area (Å²) in [5.41, 5.74) is -0.556. The summed E-state index contributed by atoms with van der Waals surface area (Å²) in [5.74, 6) is -1.25. The quantitative estimate of drug-likeness (QED) is 0.238. The molecule has 0 saturated carbocycles. The number of thiocarbonyl (C=S) groups is 1. The van der Waals surface area contributed by atoms with Crippen molar-refractivity contribution in [3.05, 3.63) is 82.3 Å². The predicted octanol–water partition coefficient (Wildman–Crippen LogP) is 6.36. The summed E-state index contributed by atoms with van der Waals surface area (Å²) in [4.78, 5) is 30.2. The minimum absolute atomic E-state index is 0.0971. The molecule has 1 N–H and O–H groups in total. The van der Waals surface area contributed by atoms with Crippen molar-refractivity contribution in [3.63, 3.8) is 0 Å². The van der Waals surface area contributed by atoms with E-state index in [0.717, 1.165) is 16.5 Å². The fraction of sp³-hybridized carbons (Fsp3) is 0.414. The topological polar surface area (TPSA) is 73.3 Å². The second kappa shape index (κ2) is 12.2. The summed E-state index contributed by atoms with van der Waals surface area (Å²) in [6.07, 6.45) is -5.93. The van der Waals surface area contributed by atoms with E-state index in [1.807, 2.05) is 0 Å². The van der Waals surface area contributed by atoms with Gasteiger partial charge >= 0.3 is 18.2 Å². The Hall–Kier alpha value is -3.51. The van der Waals surface area contributed by atoms with Crippen molar-refractivity contribution in [1.82, 2.24) is 14.7 Å². The van der Waals surface area contributed by atoms with Gasteiger partial charge in [0.05, 0.1) is 23.3 Å². The van der Waals surface area contributed by atoms with Crippen LogP contribution in [-0.2, 0) is 22.3 Å². The minimum atomic E-state index is -4.74. The summed E-state index contributed by atoms with van der Waals surface area (Å²) >= 11 is 5.62. The lowest BCUT2D eigenvalue weighted by atomic mass is 9.87. The fourth-order valence-corrected chi connectivity index (χ4v) is 5.93. The molecule has 2 aromatic rings. The van der Waals surface area contributed by atoms with Crippen LogP contribution in [0.1, 0.15) is 56.3 Å². The number of carbonyl (C=O) groups excluding carboxylic acids is 1. The van der Waals surface area contributed by atoms with E-state index >= 15 is 0 Å². The average Bonchev–Trinajstić information content (AvgIpc) is 2.89. The number of benzene rings is 2. The lowest BCUT2D eigenvalue weighted by Crippen LogP contribution is -2.57. The number of carbonyl (C=O) groups is 2. The number of ether oxygens (including phenoxy) is 1. The van der Waals surface area contributed by atoms with Crippen molar-refractivity contribution in [1.29, 1.82) is 0 Å². The number of esters is 1. The second-order valence-corrected chi connectivity index (χ2v) is 10.7. The zero-order valence-corrected chi connectivity index (χ0v) is 23.6. The smallest absolute Gasteiger partial charge is 0.418 e. The molecule has 220 valence electrons. The van der Waals surface area contributed by atoms with Gasteiger partial charge in [-0.3, -0.25) is 4.90 Å². The largest absolute Gasteiger partial charge is 0.464 e. The molecule has 1 amide bonds. The van der Waals surface area contributed by atoms with E-state index in [4.69, 9.17) is 17.0 Å². The highest BCUT2D eigenvalue weighted by atomic mass is 32.1. The molecule has 2 heterocycles. The monoisotopic (exact) mass is 593 g/mol. The number of hydrogen-bond acceptors (Lipinski definition) is 5. The highest BCUT2D eigenvalue weighted by Gasteiger charge is 2.48. The SMILES string of the molecule is CC1=C(C(=O)OC(C)C)[C@@H](c2ccccc2C(F)(F)F)N(C2CCN(Cc3ccc(F)cc3)CC2)C(=S)N1C(=O)O. The Morgan fingerprint density at radius 3 is 2.24 bits per heavy atom. The van der Waals surface area contributed by atoms with Gasteiger partial charge in [-0.05, 0) is 75.2 Å². The number of rotatable bonds is 6. The third-order valence-corrected chi connectivity index (χ3v) is 7.67. The molecular weight excluding hydrogens is 562 g/mol. The zero-order chi connectivity index (χ0) is 30.1. The van der Waals surface area contributed by atoms with Crippen LogP contribution < -0.4 is 0 Å². The predicted molar refractivity (Wildman–Crippen MR) is 147 cm³/mol. The first-order chi connectivity index (χ1) is 19.3. The number of carboxylic acid groups (broad SMARTS) is 1. The Labute approximate surface area is 241 Å². The van der Waals surface area contributed by atoms with Crippen molar-refractivity contribution in [2.45, 2.75) is 64.5 Å². The third-order valence-electron chi connectivity index (χ3n) is 7.27. The van der Waals surface area contributed by atoms with Crippen molar-refractivity contribution in [2.24, 2.45) is 0 Å². The van der Waals surface area contributed by atoms with Crippen LogP contribution in [0.2, 0.25) is 0 Å². The number of nitrogens with zero attached hydrogens (tertiary/aromatic N) is 3. The van der Waals surface area contributed by atoms with Gasteiger partial charge in [0.25, 0.3) is 0 Å². The number of hydrogen-bond donors (Lipinski definition) is 1. The minimum Gasteiger partial charge on any atom is -0.464 e. The van der Waals surface area contributed by atoms with Crippen LogP contribution >= 0.6 is 12.2 Å². The van der Waals surface area contributed by atoms with Crippen molar-refractivity contribution in [3.8, 4) is 0 Å². The van der Waals surface area contributed by atoms with Gasteiger partial charge in [-0.2, -0.15) is 13.2 Å². The zero-order valence-electron chi connectivity index (χ0n) is 22.8. The molecule has 1 fully saturated rings. The number of piperidine rings is 1. The molecule has 4 rings (SSSR count). The maximum Gasteiger partial charge on any atom is 0.418 e. The Bertz CT molecular complexity index is 1340. The van der Waals surface area contributed by atoms with Gasteiger partial charge in [0.2, 0.25) is 0 Å². The third kappa shape index (κ3) is 6.54. The summed E-state index contributed by atoms with van der Waals surface area (Å²) in [6.45, 7) is 6.15. The first-order valence-electron chi connectivity index (χ1n) is 13.2. The lowest BCUT2D eigenvalue weighted by Gasteiger charge is -2.49. The van der Waals surface area contributed by atoms with E-state index in [1.54, 1.807) is 26.0 Å². The Morgan fingerprint density at radius 2 is 1.68 bits per heavy atom. The molecule has 1 atom stereocenters. The van der Waals surface area contributed by atoms with Crippen molar-refractivity contribution in [2.75, 3.05) is 13.1 Å². The number of likely N-dealkylation sites (tertiary alicyclic amines) is 1. The number of amides is 1. The molecule has 7 nitrogen and oxygen atoms in total. The second-order valence-electron chi connectivity index (χ2n) is 10.4. The standard InChI is InChI=1S/C29H31F4N3O4S/c1-17(2)40-26(37)24-18(3)35(28(38)39)27(41)36(25(24)22-6-4-5-7-23(22)29(31,32)33)21-12-14-34(15-13-21)16-19-8-10-20(30)11-9-19/h4-11,17,21,25H,12-16H2,1-3H3,(H,38,39)/t25-/m1/s1. The average molecular weight is 594 g/mol. The van der Waals surface area contributed by atoms with Gasteiger partial charge in [0, 0.05) is 31.4 Å². The van der Waals surface area contributed by atoms with Crippen LogP contribution in [-0.4, -0.2) is 62.2 Å². The molecular formula is C29H31F4N3O4S. The first kappa shape index (κ1) is 30.4. The van der Waals surface area contributed by atoms with Gasteiger partial charge < -0.3 is 14.7 Å². The van der Waals surface area contributed by atoms with E-state index in [1.165, 1.54) is 42.2 Å². The van der Waals surface area contributed by atoms with E-state index in [9.17, 15) is 32.3 Å². The van der Waals surface area contributed by atoms with E-state index in [-0.39, 0.29) is 27.8 Å². The molecule has 0 bridgehead atoms. The highest BCUT2D eigenvalue weighted by Crippen LogP contribution is 2.45. The van der Waals surface area contributed by atoms with Crippen molar-refractivity contribution < 1.29 is 37.0 Å². The molecule has 2 aliphatic heterocycles. The summed E-state index contributed by atoms with van der Waals surface area (Å²) in [7, 11) is 0. The number of halogens is 4. The molecule has 2 aliphatic rings. The number of alkyl halides is 3. The molecule has 0 radical (unpaired) electrons. The molecule has 12 heteroatoms. The Morgan fingerprint density at radius 1 is 1.07 bits per heavy atom. The van der Waals surface area contributed by atoms with Crippen LogP contribution in [0.15, 0.2) is 59.8 Å². The fourth-order valence-electron chi connectivity index (χ4n) is 5.46. The van der Waals surface area contributed by atoms with Gasteiger partial charge in [-0.15, -0.1) is 0 Å². The molecule has 2 aromatic carbocycles. The lowest BCUT2D eigenvalue weighted by molar-refractivity contribution is -0.145. The summed E-state index contributed by atoms with van der Waals surface area (Å²) in [5, 5.41) is 9.85. The Kier molecular flexibility index (Phi) is 9.03. The van der Waals surface area contributed by atoms with Crippen LogP contribution in [0.4, 0.5) is 22.4 Å². The summed E-state index contributed by atoms with van der Waals surface area (Å²) in [6, 6.07) is 9.27. The van der Waals surface area contributed by atoms with Crippen LogP contribution in [0.25, 0.3) is 0 Å². The van der Waals surface area contributed by atoms with E-state index < -0.39 is 42.0 Å². The highest BCUT2D eigenvalue weighted by molar-refractivity contribution is 7.80. The van der Waals surface area contributed by atoms with Crippen LogP contribution in [0.3, 0.4) is 0 Å². The maximum atomic E-state index is 14.3. The molecule has 0 spiro atoms. The van der Waals surface area contributed by atoms with Gasteiger partial charge in [0.15, 0.2) is 5.11 Å². The summed E-state index contributed by atoms with van der Waals surface area (Å²) < 4.78 is 61.6. The molecule has 0 unspecified atom stereocenters. The van der Waals surface area contributed by atoms with E-state index in [2.05, 4.69) is 4.90 Å². The van der Waals surface area contributed by atoms with E-state index in [0.29, 0.717) is 32.5 Å². The van der Waals surface area contributed by atoms with Gasteiger partial charge in [-0.25, -0.2) is 18.9 Å². The molecule has 41 heavy (non-hydrogen) atoms. The molecule has 1 saturated heterocycles. The van der Waals surface area contributed by atoms with Crippen LogP contribution in [0, 0.1) is 5.82 Å². The first-order valence-corrected chi connectivity index (χ1v) is 13.6. The van der Waals surface area contributed by atoms with Crippen LogP contribution in [0.5, 0.6) is 0 Å². The molecule has 0 aromatic heterocycles. The van der Waals surface area contributed by atoms with Gasteiger partial charge in [-0.1, -0.05) is 30.3 Å². The number of allylic oxidation sites excluding steroid dienone is 1.